The van der Waals surface area contributed by atoms with Gasteiger partial charge in [-0.1, -0.05) is 61.2 Å². The van der Waals surface area contributed by atoms with Crippen LogP contribution < -0.4 is 5.32 Å². The highest BCUT2D eigenvalue weighted by atomic mass is 31.0. The van der Waals surface area contributed by atoms with Gasteiger partial charge in [-0.3, -0.25) is 0 Å². The predicted octanol–water partition coefficient (Wildman–Crippen LogP) is 3.84. The zero-order valence-corrected chi connectivity index (χ0v) is 11.4. The molecule has 0 aliphatic carbocycles. The Labute approximate surface area is 107 Å². The second-order valence-electron chi connectivity index (χ2n) is 3.81. The van der Waals surface area contributed by atoms with Crippen LogP contribution in [0.2, 0.25) is 0 Å². The first-order valence-electron chi connectivity index (χ1n) is 5.75. The van der Waals surface area contributed by atoms with Crippen LogP contribution in [0.3, 0.4) is 0 Å². The number of rotatable bonds is 6. The van der Waals surface area contributed by atoms with Crippen LogP contribution in [0.4, 0.5) is 0 Å². The van der Waals surface area contributed by atoms with E-state index in [-0.39, 0.29) is 5.78 Å². The van der Waals surface area contributed by atoms with Crippen LogP contribution in [0.1, 0.15) is 18.3 Å². The normalized spacial score (nSPS) is 13.3. The van der Waals surface area contributed by atoms with E-state index in [0.29, 0.717) is 0 Å². The van der Waals surface area contributed by atoms with Crippen molar-refractivity contribution in [3.8, 4) is 0 Å². The highest BCUT2D eigenvalue weighted by Gasteiger charge is 2.02. The molecule has 0 aliphatic heterocycles. The number of nitrogens with one attached hydrogen (secondary N) is 1. The summed E-state index contributed by atoms with van der Waals surface area (Å²) in [5.41, 5.74) is 2.34. The summed E-state index contributed by atoms with van der Waals surface area (Å²) < 4.78 is 0. The fraction of sp³-hybridized carbons (Fsp3) is 0.200. The number of hydrogen-bond donors (Lipinski definition) is 1. The van der Waals surface area contributed by atoms with Gasteiger partial charge in [0.05, 0.1) is 0 Å². The van der Waals surface area contributed by atoms with Crippen molar-refractivity contribution in [3.05, 3.63) is 72.4 Å². The lowest BCUT2D eigenvalue weighted by molar-refractivity contribution is 0.730. The van der Waals surface area contributed by atoms with Crippen LogP contribution in [0.5, 0.6) is 0 Å². The molecule has 2 atom stereocenters. The smallest absolute Gasteiger partial charge is 0.0466 e. The topological polar surface area (TPSA) is 12.0 Å². The summed E-state index contributed by atoms with van der Waals surface area (Å²) in [4.78, 5) is 0. The lowest BCUT2D eigenvalue weighted by Gasteiger charge is -2.13. The van der Waals surface area contributed by atoms with E-state index >= 15 is 0 Å². The molecule has 0 spiro atoms. The summed E-state index contributed by atoms with van der Waals surface area (Å²) in [6.07, 6.45) is 8.03. The molecule has 0 aliphatic rings. The molecular weight excluding hydrogens is 225 g/mol. The van der Waals surface area contributed by atoms with Crippen molar-refractivity contribution in [1.82, 2.24) is 5.32 Å². The van der Waals surface area contributed by atoms with E-state index in [4.69, 9.17) is 0 Å². The Morgan fingerprint density at radius 1 is 1.35 bits per heavy atom. The van der Waals surface area contributed by atoms with Gasteiger partial charge in [0.15, 0.2) is 0 Å². The third-order valence-corrected chi connectivity index (χ3v) is 2.96. The maximum Gasteiger partial charge on any atom is 0.0466 e. The fourth-order valence-electron chi connectivity index (χ4n) is 1.38. The van der Waals surface area contributed by atoms with E-state index in [2.05, 4.69) is 45.4 Å². The zero-order chi connectivity index (χ0) is 12.5. The van der Waals surface area contributed by atoms with Crippen LogP contribution in [0, 0.1) is 0 Å². The minimum absolute atomic E-state index is 0.267. The van der Waals surface area contributed by atoms with E-state index in [1.165, 1.54) is 5.56 Å². The standard InChI is InChI=1S/C15H20NP/c1-3-4-6-9-13(2)12-16-15(17)14-10-7-5-8-11-14/h3-11,15-16H,2,12,17H2,1H3/b4-3-,9-6-. The first kappa shape index (κ1) is 13.9. The maximum absolute atomic E-state index is 4.00. The summed E-state index contributed by atoms with van der Waals surface area (Å²) in [5, 5.41) is 3.41. The summed E-state index contributed by atoms with van der Waals surface area (Å²) in [6.45, 7) is 6.79. The Morgan fingerprint density at radius 2 is 2.06 bits per heavy atom. The first-order chi connectivity index (χ1) is 8.24. The van der Waals surface area contributed by atoms with Gasteiger partial charge in [0.1, 0.15) is 0 Å². The van der Waals surface area contributed by atoms with Crippen molar-refractivity contribution in [3.63, 3.8) is 0 Å². The molecule has 0 aromatic heterocycles. The van der Waals surface area contributed by atoms with Gasteiger partial charge in [-0.05, 0) is 18.1 Å². The van der Waals surface area contributed by atoms with Crippen molar-refractivity contribution in [2.45, 2.75) is 12.7 Å². The molecule has 0 bridgehead atoms. The predicted molar refractivity (Wildman–Crippen MR) is 80.0 cm³/mol. The van der Waals surface area contributed by atoms with Crippen LogP contribution in [-0.4, -0.2) is 6.54 Å². The highest BCUT2D eigenvalue weighted by molar-refractivity contribution is 7.17. The Balaban J connectivity index is 2.38. The molecule has 1 aromatic rings. The number of benzene rings is 1. The Morgan fingerprint density at radius 3 is 2.71 bits per heavy atom. The van der Waals surface area contributed by atoms with Gasteiger partial charge in [0, 0.05) is 12.3 Å². The molecule has 2 unspecified atom stereocenters. The van der Waals surface area contributed by atoms with Crippen molar-refractivity contribution < 1.29 is 0 Å². The zero-order valence-electron chi connectivity index (χ0n) is 10.3. The average Bonchev–Trinajstić information content (AvgIpc) is 2.37. The van der Waals surface area contributed by atoms with Gasteiger partial charge in [-0.15, -0.1) is 9.24 Å². The Kier molecular flexibility index (Phi) is 6.54. The molecule has 90 valence electrons. The van der Waals surface area contributed by atoms with Gasteiger partial charge in [-0.2, -0.15) is 0 Å². The van der Waals surface area contributed by atoms with E-state index in [1.807, 2.05) is 37.3 Å². The van der Waals surface area contributed by atoms with Crippen molar-refractivity contribution >= 4 is 9.24 Å². The summed E-state index contributed by atoms with van der Waals surface area (Å²) in [5.74, 6) is 0.267. The van der Waals surface area contributed by atoms with Crippen LogP contribution in [0.25, 0.3) is 0 Å². The summed E-state index contributed by atoms with van der Waals surface area (Å²) in [7, 11) is 2.81. The second-order valence-corrected chi connectivity index (χ2v) is 4.48. The molecule has 1 aromatic carbocycles. The molecule has 1 nitrogen and oxygen atoms in total. The molecule has 0 saturated carbocycles. The third kappa shape index (κ3) is 5.63. The lowest BCUT2D eigenvalue weighted by Crippen LogP contribution is -2.18. The highest BCUT2D eigenvalue weighted by Crippen LogP contribution is 2.19. The molecule has 0 amide bonds. The number of allylic oxidation sites excluding steroid dienone is 3. The van der Waals surface area contributed by atoms with Crippen LogP contribution in [0.15, 0.2) is 66.8 Å². The number of hydrogen-bond acceptors (Lipinski definition) is 1. The Bertz CT molecular complexity index is 393. The Hall–Kier alpha value is -1.17. The first-order valence-corrected chi connectivity index (χ1v) is 6.41. The monoisotopic (exact) mass is 245 g/mol. The van der Waals surface area contributed by atoms with E-state index in [1.54, 1.807) is 0 Å². The average molecular weight is 245 g/mol. The molecule has 0 heterocycles. The van der Waals surface area contributed by atoms with Crippen molar-refractivity contribution in [1.29, 1.82) is 0 Å². The van der Waals surface area contributed by atoms with E-state index in [9.17, 15) is 0 Å². The molecule has 2 heteroatoms. The lowest BCUT2D eigenvalue weighted by atomic mass is 10.2. The third-order valence-electron chi connectivity index (χ3n) is 2.34. The van der Waals surface area contributed by atoms with Crippen molar-refractivity contribution in [2.24, 2.45) is 0 Å². The molecule has 0 saturated heterocycles. The van der Waals surface area contributed by atoms with Crippen LogP contribution >= 0.6 is 9.24 Å². The summed E-state index contributed by atoms with van der Waals surface area (Å²) in [6, 6.07) is 10.4. The molecule has 0 radical (unpaired) electrons. The molecule has 1 rings (SSSR count). The molecular formula is C15H20NP. The van der Waals surface area contributed by atoms with Crippen LogP contribution in [-0.2, 0) is 0 Å². The fourth-order valence-corrected chi connectivity index (χ4v) is 1.72. The largest absolute Gasteiger partial charge is 0.303 e. The quantitative estimate of drug-likeness (QED) is 0.593. The van der Waals surface area contributed by atoms with Gasteiger partial charge in [-0.25, -0.2) is 0 Å². The molecule has 1 N–H and O–H groups in total. The van der Waals surface area contributed by atoms with E-state index in [0.717, 1.165) is 12.1 Å². The molecule has 17 heavy (non-hydrogen) atoms. The van der Waals surface area contributed by atoms with Crippen molar-refractivity contribution in [2.75, 3.05) is 6.54 Å². The maximum atomic E-state index is 4.00. The van der Waals surface area contributed by atoms with E-state index < -0.39 is 0 Å². The minimum Gasteiger partial charge on any atom is -0.303 e. The van der Waals surface area contributed by atoms with Gasteiger partial charge in [0.25, 0.3) is 0 Å². The van der Waals surface area contributed by atoms with Gasteiger partial charge >= 0.3 is 0 Å². The second kappa shape index (κ2) is 8.00. The van der Waals surface area contributed by atoms with Gasteiger partial charge < -0.3 is 5.32 Å². The van der Waals surface area contributed by atoms with Gasteiger partial charge in [0.2, 0.25) is 0 Å². The summed E-state index contributed by atoms with van der Waals surface area (Å²) >= 11 is 0. The SMILES string of the molecule is C=C(/C=C\C=C/C)CNC(P)c1ccccc1. The minimum atomic E-state index is 0.267. The molecule has 0 fully saturated rings.